The first-order valence-corrected chi connectivity index (χ1v) is 3.43. The fourth-order valence-electron chi connectivity index (χ4n) is 0.651. The van der Waals surface area contributed by atoms with Crippen molar-refractivity contribution in [3.8, 4) is 6.26 Å². The lowest BCUT2D eigenvalue weighted by Crippen LogP contribution is -2.14. The zero-order valence-electron chi connectivity index (χ0n) is 6.77. The first-order valence-electron chi connectivity index (χ1n) is 3.43. The van der Waals surface area contributed by atoms with Crippen LogP contribution in [0.4, 0.5) is 0 Å². The Labute approximate surface area is 74.5 Å². The van der Waals surface area contributed by atoms with Crippen molar-refractivity contribution in [3.63, 3.8) is 0 Å². The molecule has 0 saturated carbocycles. The van der Waals surface area contributed by atoms with Crippen LogP contribution in [0.5, 0.6) is 0 Å². The maximum absolute atomic E-state index is 9.75. The van der Waals surface area contributed by atoms with Gasteiger partial charge in [0.25, 0.3) is 6.26 Å². The van der Waals surface area contributed by atoms with Gasteiger partial charge in [-0.15, -0.1) is 0 Å². The molecule has 0 radical (unpaired) electrons. The van der Waals surface area contributed by atoms with E-state index in [1.165, 1.54) is 18.4 Å². The first kappa shape index (κ1) is 11.1. The fourth-order valence-corrected chi connectivity index (χ4v) is 0.651. The summed E-state index contributed by atoms with van der Waals surface area (Å²) in [5, 5.41) is 8.08. The maximum Gasteiger partial charge on any atom is 0.286 e. The van der Waals surface area contributed by atoms with E-state index in [1.807, 2.05) is 0 Å². The zero-order valence-corrected chi connectivity index (χ0v) is 6.77. The van der Waals surface area contributed by atoms with Gasteiger partial charge in [0.15, 0.2) is 0 Å². The number of nitrogens with zero attached hydrogens (tertiary/aromatic N) is 3. The molecule has 13 heavy (non-hydrogen) atoms. The van der Waals surface area contributed by atoms with Gasteiger partial charge >= 0.3 is 0 Å². The number of rotatable bonds is 6. The van der Waals surface area contributed by atoms with E-state index >= 15 is 0 Å². The molecule has 0 fully saturated rings. The van der Waals surface area contributed by atoms with Gasteiger partial charge in [0, 0.05) is 5.92 Å². The lowest BCUT2D eigenvalue weighted by atomic mass is 10.2. The molecule has 68 valence electrons. The lowest BCUT2D eigenvalue weighted by Gasteiger charge is -2.06. The van der Waals surface area contributed by atoms with Gasteiger partial charge < -0.3 is 4.74 Å². The van der Waals surface area contributed by atoms with Crippen LogP contribution >= 0.6 is 0 Å². The molecule has 0 bridgehead atoms. The van der Waals surface area contributed by atoms with Crippen LogP contribution in [0.1, 0.15) is 0 Å². The molecule has 0 heterocycles. The minimum Gasteiger partial charge on any atom is -0.427 e. The van der Waals surface area contributed by atoms with E-state index in [0.717, 1.165) is 0 Å². The summed E-state index contributed by atoms with van der Waals surface area (Å²) in [6.07, 6.45) is 4.17. The second-order valence-electron chi connectivity index (χ2n) is 2.13. The van der Waals surface area contributed by atoms with Crippen LogP contribution in [-0.4, -0.2) is 31.9 Å². The molecule has 0 saturated heterocycles. The summed E-state index contributed by atoms with van der Waals surface area (Å²) in [7, 11) is 0. The van der Waals surface area contributed by atoms with Crippen molar-refractivity contribution in [2.45, 2.75) is 0 Å². The number of hydrogen-bond acceptors (Lipinski definition) is 6. The molecule has 0 amide bonds. The van der Waals surface area contributed by atoms with Gasteiger partial charge in [-0.25, -0.2) is 19.6 Å². The molecule has 0 rings (SSSR count). The predicted octanol–water partition coefficient (Wildman–Crippen LogP) is -0.228. The van der Waals surface area contributed by atoms with E-state index in [0.29, 0.717) is 0 Å². The van der Waals surface area contributed by atoms with Gasteiger partial charge in [0.05, 0.1) is 13.1 Å². The second-order valence-corrected chi connectivity index (χ2v) is 2.13. The van der Waals surface area contributed by atoms with Gasteiger partial charge in [0.2, 0.25) is 12.2 Å². The molecule has 6 heteroatoms. The lowest BCUT2D eigenvalue weighted by molar-refractivity contribution is 0.218. The van der Waals surface area contributed by atoms with Gasteiger partial charge in [-0.1, -0.05) is 0 Å². The van der Waals surface area contributed by atoms with Crippen LogP contribution in [-0.2, 0) is 14.3 Å². The van der Waals surface area contributed by atoms with Crippen LogP contribution in [0.2, 0.25) is 0 Å². The highest BCUT2D eigenvalue weighted by molar-refractivity contribution is 5.33. The molecule has 6 nitrogen and oxygen atoms in total. The van der Waals surface area contributed by atoms with Crippen molar-refractivity contribution in [3.05, 3.63) is 0 Å². The molecule has 0 atom stereocenters. The molecule has 0 aromatic heterocycles. The highest BCUT2D eigenvalue weighted by Gasteiger charge is 2.07. The summed E-state index contributed by atoms with van der Waals surface area (Å²) < 4.78 is 4.42. The first-order chi connectivity index (χ1) is 6.35. The Morgan fingerprint density at radius 3 is 2.15 bits per heavy atom. The summed E-state index contributed by atoms with van der Waals surface area (Å²) >= 11 is 0. The van der Waals surface area contributed by atoms with Gasteiger partial charge in [-0.05, 0) is 0 Å². The summed E-state index contributed by atoms with van der Waals surface area (Å²) in [6, 6.07) is 0. The molecular formula is C7H7N3O3. The third-order valence-corrected chi connectivity index (χ3v) is 1.21. The Bertz CT molecular complexity index is 251. The predicted molar refractivity (Wildman–Crippen MR) is 41.0 cm³/mol. The monoisotopic (exact) mass is 181 g/mol. The Morgan fingerprint density at radius 2 is 1.77 bits per heavy atom. The van der Waals surface area contributed by atoms with Crippen molar-refractivity contribution in [1.29, 1.82) is 5.26 Å². The average molecular weight is 181 g/mol. The number of ether oxygens (including phenoxy) is 1. The van der Waals surface area contributed by atoms with Crippen LogP contribution in [0.25, 0.3) is 0 Å². The molecular weight excluding hydrogens is 174 g/mol. The van der Waals surface area contributed by atoms with Crippen LogP contribution in [0.3, 0.4) is 0 Å². The highest BCUT2D eigenvalue weighted by Crippen LogP contribution is 1.98. The fraction of sp³-hybridized carbons (Fsp3) is 0.571. The Morgan fingerprint density at radius 1 is 1.23 bits per heavy atom. The standard InChI is InChI=1S/C7H7N3O3/c8-4-13-3-7(1-9-5-11)2-10-6-12/h7H,1-3H2. The Kier molecular flexibility index (Phi) is 6.93. The summed E-state index contributed by atoms with van der Waals surface area (Å²) in [4.78, 5) is 26.1. The minimum absolute atomic E-state index is 0.0762. The average Bonchev–Trinajstić information content (AvgIpc) is 2.17. The van der Waals surface area contributed by atoms with Crippen LogP contribution in [0.15, 0.2) is 9.98 Å². The van der Waals surface area contributed by atoms with Crippen LogP contribution < -0.4 is 0 Å². The number of nitriles is 1. The molecule has 0 aliphatic carbocycles. The molecule has 0 spiro atoms. The number of carbonyl (C=O) groups excluding carboxylic acids is 2. The largest absolute Gasteiger partial charge is 0.427 e. The smallest absolute Gasteiger partial charge is 0.286 e. The third-order valence-electron chi connectivity index (χ3n) is 1.21. The Balaban J connectivity index is 3.94. The minimum atomic E-state index is -0.262. The second kappa shape index (κ2) is 8.15. The molecule has 0 aliphatic rings. The number of hydrogen-bond donors (Lipinski definition) is 0. The van der Waals surface area contributed by atoms with E-state index in [-0.39, 0.29) is 25.6 Å². The zero-order chi connectivity index (χ0) is 9.94. The van der Waals surface area contributed by atoms with Gasteiger partial charge in [-0.2, -0.15) is 5.26 Å². The van der Waals surface area contributed by atoms with E-state index in [2.05, 4.69) is 14.7 Å². The van der Waals surface area contributed by atoms with E-state index in [9.17, 15) is 9.59 Å². The molecule has 0 unspecified atom stereocenters. The van der Waals surface area contributed by atoms with Gasteiger partial charge in [0.1, 0.15) is 6.61 Å². The summed E-state index contributed by atoms with van der Waals surface area (Å²) in [5.74, 6) is -0.262. The quantitative estimate of drug-likeness (QED) is 0.321. The third kappa shape index (κ3) is 6.45. The molecule has 0 aliphatic heterocycles. The molecule has 0 N–H and O–H groups in total. The van der Waals surface area contributed by atoms with E-state index < -0.39 is 0 Å². The van der Waals surface area contributed by atoms with Crippen molar-refractivity contribution in [1.82, 2.24) is 0 Å². The van der Waals surface area contributed by atoms with Crippen molar-refractivity contribution < 1.29 is 14.3 Å². The van der Waals surface area contributed by atoms with Crippen molar-refractivity contribution in [2.24, 2.45) is 15.9 Å². The number of aliphatic imine (C=N–C) groups is 2. The van der Waals surface area contributed by atoms with E-state index in [4.69, 9.17) is 5.26 Å². The highest BCUT2D eigenvalue weighted by atomic mass is 16.5. The van der Waals surface area contributed by atoms with E-state index in [1.54, 1.807) is 0 Å². The maximum atomic E-state index is 9.75. The summed E-state index contributed by atoms with van der Waals surface area (Å²) in [5.41, 5.74) is 0. The topological polar surface area (TPSA) is 91.9 Å². The van der Waals surface area contributed by atoms with Crippen LogP contribution in [0, 0.1) is 17.4 Å². The summed E-state index contributed by atoms with van der Waals surface area (Å²) in [6.45, 7) is 0.347. The number of isocyanates is 2. The SMILES string of the molecule is N#COCC(CN=C=O)CN=C=O. The van der Waals surface area contributed by atoms with Gasteiger partial charge in [-0.3, -0.25) is 0 Å². The van der Waals surface area contributed by atoms with Crippen molar-refractivity contribution in [2.75, 3.05) is 19.7 Å². The molecule has 0 aromatic rings. The molecule has 0 aromatic carbocycles. The Hall–Kier alpha value is -1.95. The normalized spacial score (nSPS) is 10.1. The van der Waals surface area contributed by atoms with Crippen molar-refractivity contribution >= 4 is 12.2 Å².